The van der Waals surface area contributed by atoms with Crippen LogP contribution in [0.3, 0.4) is 0 Å². The van der Waals surface area contributed by atoms with E-state index < -0.39 is 23.3 Å². The van der Waals surface area contributed by atoms with Crippen LogP contribution >= 0.6 is 0 Å². The van der Waals surface area contributed by atoms with Gasteiger partial charge in [-0.05, 0) is 81.9 Å². The van der Waals surface area contributed by atoms with Gasteiger partial charge in [0.2, 0.25) is 5.82 Å². The van der Waals surface area contributed by atoms with Crippen molar-refractivity contribution in [1.82, 2.24) is 0 Å². The van der Waals surface area contributed by atoms with E-state index in [2.05, 4.69) is 6.08 Å². The molecule has 0 unspecified atom stereocenters. The second-order valence-electron chi connectivity index (χ2n) is 7.87. The molecular weight excluding hydrogens is 392 g/mol. The summed E-state index contributed by atoms with van der Waals surface area (Å²) in [7, 11) is 0. The summed E-state index contributed by atoms with van der Waals surface area (Å²) in [6.45, 7) is 3.82. The number of halogens is 4. The molecule has 2 aromatic rings. The van der Waals surface area contributed by atoms with Crippen LogP contribution in [0.5, 0.6) is 5.75 Å². The molecule has 0 heterocycles. The molecule has 2 aromatic carbocycles. The van der Waals surface area contributed by atoms with Crippen molar-refractivity contribution in [3.63, 3.8) is 0 Å². The number of allylic oxidation sites excluding steroid dienone is 2. The number of rotatable bonds is 7. The molecule has 1 nitrogen and oxygen atoms in total. The summed E-state index contributed by atoms with van der Waals surface area (Å²) < 4.78 is 63.4. The first-order valence-electron chi connectivity index (χ1n) is 10.7. The van der Waals surface area contributed by atoms with Gasteiger partial charge in [0.1, 0.15) is 0 Å². The van der Waals surface area contributed by atoms with Gasteiger partial charge in [-0.15, -0.1) is 0 Å². The first-order chi connectivity index (χ1) is 14.5. The lowest BCUT2D eigenvalue weighted by Gasteiger charge is -2.29. The summed E-state index contributed by atoms with van der Waals surface area (Å²) >= 11 is 0. The van der Waals surface area contributed by atoms with Crippen LogP contribution in [0.2, 0.25) is 0 Å². The third-order valence-corrected chi connectivity index (χ3v) is 6.01. The van der Waals surface area contributed by atoms with E-state index in [4.69, 9.17) is 4.74 Å². The Morgan fingerprint density at radius 3 is 2.13 bits per heavy atom. The van der Waals surface area contributed by atoms with Gasteiger partial charge in [-0.25, -0.2) is 13.2 Å². The first-order valence-corrected chi connectivity index (χ1v) is 10.7. The molecule has 0 aromatic heterocycles. The molecule has 30 heavy (non-hydrogen) atoms. The van der Waals surface area contributed by atoms with E-state index in [-0.39, 0.29) is 29.4 Å². The monoisotopic (exact) mass is 420 g/mol. The van der Waals surface area contributed by atoms with E-state index in [0.29, 0.717) is 11.5 Å². The fraction of sp³-hybridized carbons (Fsp3) is 0.440. The first kappa shape index (κ1) is 22.4. The Balaban J connectivity index is 1.79. The normalized spacial score (nSPS) is 19.4. The number of ether oxygens (including phenoxy) is 1. The Morgan fingerprint density at radius 1 is 0.867 bits per heavy atom. The van der Waals surface area contributed by atoms with Crippen molar-refractivity contribution in [2.45, 2.75) is 58.3 Å². The van der Waals surface area contributed by atoms with E-state index in [1.807, 2.05) is 13.0 Å². The Labute approximate surface area is 175 Å². The molecule has 0 aliphatic heterocycles. The van der Waals surface area contributed by atoms with Crippen molar-refractivity contribution in [1.29, 1.82) is 0 Å². The van der Waals surface area contributed by atoms with E-state index >= 15 is 0 Å². The standard InChI is InChI=1S/C25H28F4O/c1-3-5-6-7-16-8-10-17(11-9-16)18-12-13-19(23(27)22(18)26)20-14-15-21(30-4-2)25(29)24(20)28/h3,5,12-17H,4,6-11H2,1-2H3. The molecule has 5 heteroatoms. The lowest BCUT2D eigenvalue weighted by Crippen LogP contribution is -2.15. The molecule has 162 valence electrons. The van der Waals surface area contributed by atoms with E-state index in [1.54, 1.807) is 6.92 Å². The zero-order chi connectivity index (χ0) is 21.7. The second kappa shape index (κ2) is 10.1. The van der Waals surface area contributed by atoms with Gasteiger partial charge >= 0.3 is 0 Å². The van der Waals surface area contributed by atoms with Crippen molar-refractivity contribution in [3.8, 4) is 16.9 Å². The second-order valence-corrected chi connectivity index (χ2v) is 7.87. The molecule has 0 bridgehead atoms. The van der Waals surface area contributed by atoms with Gasteiger partial charge in [0, 0.05) is 11.1 Å². The zero-order valence-corrected chi connectivity index (χ0v) is 17.5. The van der Waals surface area contributed by atoms with Gasteiger partial charge in [-0.3, -0.25) is 0 Å². The fourth-order valence-electron chi connectivity index (χ4n) is 4.36. The van der Waals surface area contributed by atoms with Crippen LogP contribution in [0.4, 0.5) is 17.6 Å². The summed E-state index contributed by atoms with van der Waals surface area (Å²) in [5.41, 5.74) is -0.266. The molecule has 0 atom stereocenters. The van der Waals surface area contributed by atoms with Gasteiger partial charge in [0.15, 0.2) is 23.2 Å². The smallest absolute Gasteiger partial charge is 0.201 e. The van der Waals surface area contributed by atoms with Gasteiger partial charge in [0.05, 0.1) is 6.61 Å². The molecule has 0 amide bonds. The number of hydrogen-bond acceptors (Lipinski definition) is 1. The summed E-state index contributed by atoms with van der Waals surface area (Å²) in [5, 5.41) is 0. The molecule has 0 radical (unpaired) electrons. The summed E-state index contributed by atoms with van der Waals surface area (Å²) in [4.78, 5) is 0. The minimum atomic E-state index is -1.24. The van der Waals surface area contributed by atoms with Crippen molar-refractivity contribution < 1.29 is 22.3 Å². The average molecular weight is 420 g/mol. The molecular formula is C25H28F4O. The van der Waals surface area contributed by atoms with Crippen LogP contribution in [0, 0.1) is 29.2 Å². The SMILES string of the molecule is CC=CCCC1CCC(c2ccc(-c3ccc(OCC)c(F)c3F)c(F)c2F)CC1. The molecule has 3 rings (SSSR count). The quantitative estimate of drug-likeness (QED) is 0.326. The molecule has 1 aliphatic carbocycles. The summed E-state index contributed by atoms with van der Waals surface area (Å²) in [5.74, 6) is -4.21. The molecule has 0 saturated heterocycles. The van der Waals surface area contributed by atoms with E-state index in [0.717, 1.165) is 38.5 Å². The lowest BCUT2D eigenvalue weighted by atomic mass is 9.77. The van der Waals surface area contributed by atoms with Crippen molar-refractivity contribution >= 4 is 0 Å². The molecule has 1 fully saturated rings. The predicted molar refractivity (Wildman–Crippen MR) is 112 cm³/mol. The fourth-order valence-corrected chi connectivity index (χ4v) is 4.36. The van der Waals surface area contributed by atoms with E-state index in [1.165, 1.54) is 24.3 Å². The summed E-state index contributed by atoms with van der Waals surface area (Å²) in [6.07, 6.45) is 9.97. The van der Waals surface area contributed by atoms with Crippen LogP contribution in [0.25, 0.3) is 11.1 Å². The number of benzene rings is 2. The summed E-state index contributed by atoms with van der Waals surface area (Å²) in [6, 6.07) is 5.32. The Hall–Kier alpha value is -2.30. The average Bonchev–Trinajstić information content (AvgIpc) is 2.75. The maximum Gasteiger partial charge on any atom is 0.201 e. The van der Waals surface area contributed by atoms with Crippen molar-refractivity contribution in [2.24, 2.45) is 5.92 Å². The van der Waals surface area contributed by atoms with Crippen LogP contribution in [0.1, 0.15) is 63.9 Å². The third-order valence-electron chi connectivity index (χ3n) is 6.01. The molecule has 1 aliphatic rings. The lowest BCUT2D eigenvalue weighted by molar-refractivity contribution is 0.306. The molecule has 0 spiro atoms. The largest absolute Gasteiger partial charge is 0.491 e. The highest BCUT2D eigenvalue weighted by Gasteiger charge is 2.27. The highest BCUT2D eigenvalue weighted by Crippen LogP contribution is 2.40. The Kier molecular flexibility index (Phi) is 7.57. The van der Waals surface area contributed by atoms with E-state index in [9.17, 15) is 17.6 Å². The molecule has 0 N–H and O–H groups in total. The highest BCUT2D eigenvalue weighted by atomic mass is 19.2. The topological polar surface area (TPSA) is 9.23 Å². The van der Waals surface area contributed by atoms with Crippen molar-refractivity contribution in [2.75, 3.05) is 6.61 Å². The van der Waals surface area contributed by atoms with Gasteiger partial charge in [-0.1, -0.05) is 24.3 Å². The van der Waals surface area contributed by atoms with Crippen LogP contribution in [-0.4, -0.2) is 6.61 Å². The van der Waals surface area contributed by atoms with Gasteiger partial charge in [-0.2, -0.15) is 4.39 Å². The van der Waals surface area contributed by atoms with Gasteiger partial charge in [0.25, 0.3) is 0 Å². The van der Waals surface area contributed by atoms with Crippen LogP contribution in [-0.2, 0) is 0 Å². The predicted octanol–water partition coefficient (Wildman–Crippen LogP) is 7.94. The van der Waals surface area contributed by atoms with Crippen LogP contribution in [0.15, 0.2) is 36.4 Å². The number of hydrogen-bond donors (Lipinski definition) is 0. The zero-order valence-electron chi connectivity index (χ0n) is 17.5. The minimum absolute atomic E-state index is 0.0477. The Bertz CT molecular complexity index is 899. The van der Waals surface area contributed by atoms with Crippen molar-refractivity contribution in [3.05, 3.63) is 65.2 Å². The van der Waals surface area contributed by atoms with Crippen LogP contribution < -0.4 is 4.74 Å². The molecule has 1 saturated carbocycles. The maximum absolute atomic E-state index is 14.9. The maximum atomic E-state index is 14.9. The minimum Gasteiger partial charge on any atom is -0.491 e. The Morgan fingerprint density at radius 2 is 1.50 bits per heavy atom. The third kappa shape index (κ3) is 4.71. The van der Waals surface area contributed by atoms with Gasteiger partial charge < -0.3 is 4.74 Å². The highest BCUT2D eigenvalue weighted by molar-refractivity contribution is 5.66.